The lowest BCUT2D eigenvalue weighted by Gasteiger charge is -2.29. The lowest BCUT2D eigenvalue weighted by Crippen LogP contribution is -2.46. The van der Waals surface area contributed by atoms with Crippen LogP contribution in [0.5, 0.6) is 0 Å². The zero-order valence-electron chi connectivity index (χ0n) is 10.1. The average molecular weight is 314 g/mol. The van der Waals surface area contributed by atoms with Crippen LogP contribution >= 0.6 is 7.75 Å². The monoisotopic (exact) mass is 314 g/mol. The smallest absolute Gasteiger partial charge is 0.394 e. The van der Waals surface area contributed by atoms with Crippen LogP contribution in [0.3, 0.4) is 0 Å². The summed E-state index contributed by atoms with van der Waals surface area (Å²) in [5.74, 6) is -1.04. The molecular weight excluding hydrogens is 299 g/mol. The second kappa shape index (κ2) is 6.70. The van der Waals surface area contributed by atoms with Gasteiger partial charge in [-0.2, -0.15) is 4.67 Å². The van der Waals surface area contributed by atoms with E-state index in [9.17, 15) is 24.4 Å². The molecule has 6 N–H and O–H groups in total. The fourth-order valence-electron chi connectivity index (χ4n) is 1.72. The fourth-order valence-corrected chi connectivity index (χ4v) is 2.52. The maximum absolute atomic E-state index is 11.3. The second-order valence-corrected chi connectivity index (χ2v) is 5.57. The van der Waals surface area contributed by atoms with Crippen molar-refractivity contribution in [1.82, 2.24) is 9.99 Å². The van der Waals surface area contributed by atoms with Gasteiger partial charge in [0, 0.05) is 0 Å². The summed E-state index contributed by atoms with van der Waals surface area (Å²) in [4.78, 5) is 39.6. The lowest BCUT2D eigenvalue weighted by molar-refractivity contribution is -0.129. The summed E-state index contributed by atoms with van der Waals surface area (Å²) < 4.78 is 16.4. The topological polar surface area (TPSA) is 177 Å². The molecule has 0 spiro atoms. The first-order valence-electron chi connectivity index (χ1n) is 5.40. The molecule has 1 unspecified atom stereocenters. The molecule has 20 heavy (non-hydrogen) atoms. The van der Waals surface area contributed by atoms with E-state index in [-0.39, 0.29) is 11.1 Å². The van der Waals surface area contributed by atoms with Crippen molar-refractivity contribution < 1.29 is 44.0 Å². The van der Waals surface area contributed by atoms with Crippen molar-refractivity contribution in [1.29, 1.82) is 0 Å². The Labute approximate surface area is 113 Å². The van der Waals surface area contributed by atoms with Gasteiger partial charge < -0.3 is 29.8 Å². The van der Waals surface area contributed by atoms with E-state index in [1.807, 2.05) is 0 Å². The van der Waals surface area contributed by atoms with Crippen molar-refractivity contribution >= 4 is 20.1 Å². The maximum atomic E-state index is 11.3. The van der Waals surface area contributed by atoms with E-state index in [1.54, 1.807) is 5.32 Å². The van der Waals surface area contributed by atoms with Gasteiger partial charge in [0.05, 0.1) is 13.2 Å². The minimum absolute atomic E-state index is 0.0253. The van der Waals surface area contributed by atoms with E-state index in [2.05, 4.69) is 0 Å². The predicted molar refractivity (Wildman–Crippen MR) is 60.7 cm³/mol. The normalized spacial score (nSPS) is 30.5. The van der Waals surface area contributed by atoms with E-state index in [0.717, 1.165) is 0 Å². The summed E-state index contributed by atoms with van der Waals surface area (Å²) in [5.41, 5.74) is 0. The number of carbonyl (C=O) groups is 2. The van der Waals surface area contributed by atoms with Gasteiger partial charge in [0.1, 0.15) is 24.5 Å². The van der Waals surface area contributed by atoms with Crippen molar-refractivity contribution in [3.63, 3.8) is 0 Å². The number of hydrogen-bond donors (Lipinski definition) is 6. The second-order valence-electron chi connectivity index (χ2n) is 4.03. The zero-order chi connectivity index (χ0) is 15.5. The van der Waals surface area contributed by atoms with Gasteiger partial charge >= 0.3 is 7.75 Å². The number of nitrogens with zero attached hydrogens (tertiary/aromatic N) is 1. The van der Waals surface area contributed by atoms with Gasteiger partial charge in [-0.15, -0.1) is 0 Å². The highest BCUT2D eigenvalue weighted by molar-refractivity contribution is 7.49. The molecule has 0 bridgehead atoms. The number of aliphatic hydroxyl groups excluding tert-OH is 3. The summed E-state index contributed by atoms with van der Waals surface area (Å²) in [7, 11) is -5.02. The van der Waals surface area contributed by atoms with Crippen LogP contribution in [0.1, 0.15) is 0 Å². The Morgan fingerprint density at radius 1 is 1.35 bits per heavy atom. The molecule has 12 heteroatoms. The Kier molecular flexibility index (Phi) is 5.74. The minimum atomic E-state index is -5.02. The third kappa shape index (κ3) is 3.81. The molecule has 4 atom stereocenters. The first kappa shape index (κ1) is 17.1. The summed E-state index contributed by atoms with van der Waals surface area (Å²) in [5, 5.41) is 29.7. The standard InChI is InChI=1S/C8H15N2O9P/c11-2-4-6(14)7(15)8(19-4)10(20(16,17)18)1-5(13)9-3-12/h3-4,6-8,11,14-15H,1-2H2,(H,9,12,13)(H2,16,17,18)/t4-,6-,7-,8?/m1/s1. The lowest BCUT2D eigenvalue weighted by atomic mass is 10.1. The van der Waals surface area contributed by atoms with Crippen LogP contribution in [-0.2, 0) is 18.9 Å². The molecule has 0 radical (unpaired) electrons. The van der Waals surface area contributed by atoms with Crippen LogP contribution in [0.25, 0.3) is 0 Å². The molecule has 116 valence electrons. The van der Waals surface area contributed by atoms with Crippen molar-refractivity contribution in [3.05, 3.63) is 0 Å². The SMILES string of the molecule is O=CNC(=O)CN(C1O[C@H](CO)[C@@H](O)[C@H]1O)P(=O)(O)O. The Balaban J connectivity index is 2.92. The molecule has 1 saturated heterocycles. The first-order chi connectivity index (χ1) is 9.22. The Morgan fingerprint density at radius 3 is 2.35 bits per heavy atom. The first-order valence-corrected chi connectivity index (χ1v) is 6.97. The van der Waals surface area contributed by atoms with Crippen LogP contribution in [-0.4, -0.2) is 79.8 Å². The number of imide groups is 1. The van der Waals surface area contributed by atoms with Gasteiger partial charge in [-0.05, 0) is 0 Å². The predicted octanol–water partition coefficient (Wildman–Crippen LogP) is -3.91. The molecule has 1 aliphatic rings. The van der Waals surface area contributed by atoms with Gasteiger partial charge in [-0.1, -0.05) is 0 Å². The molecule has 0 aromatic rings. The van der Waals surface area contributed by atoms with Crippen LogP contribution in [0.4, 0.5) is 0 Å². The van der Waals surface area contributed by atoms with Crippen LogP contribution in [0, 0.1) is 0 Å². The molecule has 1 heterocycles. The fraction of sp³-hybridized carbons (Fsp3) is 0.750. The molecule has 0 aromatic carbocycles. The molecule has 0 saturated carbocycles. The van der Waals surface area contributed by atoms with Crippen LogP contribution < -0.4 is 5.32 Å². The highest BCUT2D eigenvalue weighted by Gasteiger charge is 2.49. The van der Waals surface area contributed by atoms with Gasteiger partial charge in [0.2, 0.25) is 12.3 Å². The van der Waals surface area contributed by atoms with Gasteiger partial charge in [0.25, 0.3) is 0 Å². The number of nitrogens with one attached hydrogen (secondary N) is 1. The Hall–Kier alpha value is -0.910. The third-order valence-electron chi connectivity index (χ3n) is 2.67. The van der Waals surface area contributed by atoms with Crippen molar-refractivity contribution in [2.75, 3.05) is 13.2 Å². The van der Waals surface area contributed by atoms with Crippen molar-refractivity contribution in [2.45, 2.75) is 24.5 Å². The highest BCUT2D eigenvalue weighted by atomic mass is 31.2. The number of hydrogen-bond acceptors (Lipinski definition) is 7. The highest BCUT2D eigenvalue weighted by Crippen LogP contribution is 2.44. The number of ether oxygens (including phenoxy) is 1. The molecule has 11 nitrogen and oxygen atoms in total. The number of carbonyl (C=O) groups excluding carboxylic acids is 2. The van der Waals surface area contributed by atoms with E-state index in [0.29, 0.717) is 0 Å². The number of rotatable bonds is 6. The summed E-state index contributed by atoms with van der Waals surface area (Å²) in [6, 6.07) is 0. The van der Waals surface area contributed by atoms with Gasteiger partial charge in [-0.25, -0.2) is 4.57 Å². The Bertz CT molecular complexity index is 413. The largest absolute Gasteiger partial charge is 0.405 e. The Morgan fingerprint density at radius 2 is 1.95 bits per heavy atom. The molecule has 0 aromatic heterocycles. The summed E-state index contributed by atoms with van der Waals surface area (Å²) in [6.07, 6.45) is -6.26. The molecule has 1 aliphatic heterocycles. The van der Waals surface area contributed by atoms with E-state index in [1.165, 1.54) is 0 Å². The van der Waals surface area contributed by atoms with Crippen molar-refractivity contribution in [2.24, 2.45) is 0 Å². The molecule has 0 aliphatic carbocycles. The van der Waals surface area contributed by atoms with E-state index < -0.39 is 51.3 Å². The minimum Gasteiger partial charge on any atom is -0.394 e. The van der Waals surface area contributed by atoms with Gasteiger partial charge in [0.15, 0.2) is 0 Å². The molecule has 1 fully saturated rings. The van der Waals surface area contributed by atoms with E-state index >= 15 is 0 Å². The van der Waals surface area contributed by atoms with Crippen LogP contribution in [0.2, 0.25) is 0 Å². The van der Waals surface area contributed by atoms with Crippen LogP contribution in [0.15, 0.2) is 0 Å². The quantitative estimate of drug-likeness (QED) is 0.210. The molecule has 2 amide bonds. The number of amides is 2. The van der Waals surface area contributed by atoms with E-state index in [4.69, 9.17) is 19.6 Å². The summed E-state index contributed by atoms with van der Waals surface area (Å²) >= 11 is 0. The van der Waals surface area contributed by atoms with Crippen molar-refractivity contribution in [3.8, 4) is 0 Å². The van der Waals surface area contributed by atoms with Gasteiger partial charge in [-0.3, -0.25) is 14.9 Å². The third-order valence-corrected chi connectivity index (χ3v) is 3.71. The molecule has 1 rings (SSSR count). The maximum Gasteiger partial charge on any atom is 0.405 e. The summed E-state index contributed by atoms with van der Waals surface area (Å²) in [6.45, 7) is -1.64. The molecular formula is C8H15N2O9P. The zero-order valence-corrected chi connectivity index (χ0v) is 11.0. The average Bonchev–Trinajstić information content (AvgIpc) is 2.62. The number of aliphatic hydroxyl groups is 3.